The number of nitrogens with zero attached hydrogens (tertiary/aromatic N) is 2. The minimum Gasteiger partial charge on any atom is -0.497 e. The van der Waals surface area contributed by atoms with Crippen LogP contribution >= 0.6 is 22.9 Å². The van der Waals surface area contributed by atoms with Crippen LogP contribution in [-0.2, 0) is 4.79 Å². The van der Waals surface area contributed by atoms with Gasteiger partial charge in [0.2, 0.25) is 5.91 Å². The van der Waals surface area contributed by atoms with Crippen LogP contribution in [0.3, 0.4) is 0 Å². The fourth-order valence-corrected chi connectivity index (χ4v) is 4.08. The molecule has 3 aromatic rings. The Morgan fingerprint density at radius 1 is 1.14 bits per heavy atom. The minimum absolute atomic E-state index is 0.0348. The summed E-state index contributed by atoms with van der Waals surface area (Å²) < 4.78 is 10.8. The van der Waals surface area contributed by atoms with Crippen molar-refractivity contribution < 1.29 is 14.3 Å². The van der Waals surface area contributed by atoms with E-state index < -0.39 is 0 Å². The maximum Gasteiger partial charge on any atom is 0.233 e. The Kier molecular flexibility index (Phi) is 6.77. The Hall–Kier alpha value is -2.57. The van der Waals surface area contributed by atoms with Crippen LogP contribution in [0.1, 0.15) is 24.6 Å². The van der Waals surface area contributed by atoms with Crippen LogP contribution < -0.4 is 14.4 Å². The van der Waals surface area contributed by atoms with Crippen LogP contribution in [0.5, 0.6) is 11.5 Å². The topological polar surface area (TPSA) is 51.7 Å². The number of aromatic nitrogens is 1. The van der Waals surface area contributed by atoms with Gasteiger partial charge >= 0.3 is 0 Å². The normalized spacial score (nSPS) is 10.7. The van der Waals surface area contributed by atoms with Gasteiger partial charge < -0.3 is 9.47 Å². The second kappa shape index (κ2) is 9.29. The third kappa shape index (κ3) is 4.54. The molecule has 29 heavy (non-hydrogen) atoms. The highest BCUT2D eigenvalue weighted by molar-refractivity contribution is 7.16. The maximum absolute atomic E-state index is 13.1. The van der Waals surface area contributed by atoms with Gasteiger partial charge in [-0.2, -0.15) is 0 Å². The summed E-state index contributed by atoms with van der Waals surface area (Å²) in [5.74, 6) is 1.17. The first kappa shape index (κ1) is 21.1. The first-order valence-corrected chi connectivity index (χ1v) is 10.5. The molecule has 2 aromatic carbocycles. The molecule has 0 radical (unpaired) electrons. The molecule has 0 aliphatic carbocycles. The van der Waals surface area contributed by atoms with Gasteiger partial charge in [-0.1, -0.05) is 30.7 Å². The zero-order valence-electron chi connectivity index (χ0n) is 16.9. The number of halogens is 1. The lowest BCUT2D eigenvalue weighted by Crippen LogP contribution is -2.25. The number of aryl methyl sites for hydroxylation is 1. The van der Waals surface area contributed by atoms with E-state index in [4.69, 9.17) is 26.1 Å². The summed E-state index contributed by atoms with van der Waals surface area (Å²) >= 11 is 7.49. The first-order valence-electron chi connectivity index (χ1n) is 9.26. The number of methoxy groups -OCH3 is 2. The van der Waals surface area contributed by atoms with Crippen LogP contribution in [0.25, 0.3) is 11.3 Å². The molecule has 1 heterocycles. The van der Waals surface area contributed by atoms with Gasteiger partial charge in [0.1, 0.15) is 11.5 Å². The number of ether oxygens (including phenoxy) is 2. The Morgan fingerprint density at radius 2 is 1.86 bits per heavy atom. The van der Waals surface area contributed by atoms with E-state index in [0.29, 0.717) is 33.8 Å². The molecule has 0 spiro atoms. The minimum atomic E-state index is -0.0348. The maximum atomic E-state index is 13.1. The van der Waals surface area contributed by atoms with E-state index in [1.165, 1.54) is 11.3 Å². The molecule has 0 unspecified atom stereocenters. The molecule has 0 aliphatic rings. The van der Waals surface area contributed by atoms with Gasteiger partial charge in [0.15, 0.2) is 5.13 Å². The van der Waals surface area contributed by atoms with Crippen LogP contribution in [0.2, 0.25) is 5.02 Å². The molecule has 0 saturated carbocycles. The van der Waals surface area contributed by atoms with E-state index in [0.717, 1.165) is 22.6 Å². The van der Waals surface area contributed by atoms with Crippen LogP contribution in [0.4, 0.5) is 10.8 Å². The van der Waals surface area contributed by atoms with Gasteiger partial charge in [-0.05, 0) is 37.6 Å². The molecule has 0 N–H and O–H groups in total. The molecule has 1 aromatic heterocycles. The molecule has 0 bridgehead atoms. The van der Waals surface area contributed by atoms with Crippen molar-refractivity contribution in [1.29, 1.82) is 0 Å². The van der Waals surface area contributed by atoms with Gasteiger partial charge in [0, 0.05) is 28.0 Å². The Bertz CT molecular complexity index is 1000. The number of amides is 1. The molecular formula is C22H23ClN2O3S. The summed E-state index contributed by atoms with van der Waals surface area (Å²) in [6, 6.07) is 12.9. The summed E-state index contributed by atoms with van der Waals surface area (Å²) in [5.41, 5.74) is 2.44. The quantitative estimate of drug-likeness (QED) is 0.444. The molecule has 3 rings (SSSR count). The number of thiazole rings is 1. The molecule has 0 saturated heterocycles. The largest absolute Gasteiger partial charge is 0.497 e. The van der Waals surface area contributed by atoms with E-state index in [2.05, 4.69) is 0 Å². The van der Waals surface area contributed by atoms with Crippen molar-refractivity contribution in [2.45, 2.75) is 26.7 Å². The second-order valence-electron chi connectivity index (χ2n) is 6.43. The van der Waals surface area contributed by atoms with Crippen molar-refractivity contribution >= 4 is 39.7 Å². The van der Waals surface area contributed by atoms with Crippen molar-refractivity contribution in [3.63, 3.8) is 0 Å². The van der Waals surface area contributed by atoms with Crippen molar-refractivity contribution in [3.8, 4) is 22.8 Å². The van der Waals surface area contributed by atoms with E-state index in [1.807, 2.05) is 50.2 Å². The lowest BCUT2D eigenvalue weighted by Gasteiger charge is -2.22. The van der Waals surface area contributed by atoms with Crippen molar-refractivity contribution in [2.24, 2.45) is 0 Å². The first-order chi connectivity index (χ1) is 14.0. The van der Waals surface area contributed by atoms with Crippen LogP contribution in [-0.4, -0.2) is 25.1 Å². The number of anilines is 2. The molecule has 1 amide bonds. The third-order valence-corrected chi connectivity index (χ3v) is 5.64. The van der Waals surface area contributed by atoms with E-state index >= 15 is 0 Å². The molecular weight excluding hydrogens is 408 g/mol. The summed E-state index contributed by atoms with van der Waals surface area (Å²) in [7, 11) is 3.17. The lowest BCUT2D eigenvalue weighted by molar-refractivity contribution is -0.117. The van der Waals surface area contributed by atoms with Crippen molar-refractivity contribution in [2.75, 3.05) is 19.1 Å². The highest BCUT2D eigenvalue weighted by atomic mass is 35.5. The average molecular weight is 431 g/mol. The summed E-state index contributed by atoms with van der Waals surface area (Å²) in [6.45, 7) is 3.98. The second-order valence-corrected chi connectivity index (χ2v) is 8.04. The summed E-state index contributed by atoms with van der Waals surface area (Å²) in [5, 5.41) is 1.28. The van der Waals surface area contributed by atoms with Gasteiger partial charge in [-0.15, -0.1) is 11.3 Å². The van der Waals surface area contributed by atoms with Gasteiger partial charge in [0.25, 0.3) is 0 Å². The van der Waals surface area contributed by atoms with Gasteiger partial charge in [0.05, 0.1) is 25.6 Å². The highest BCUT2D eigenvalue weighted by Crippen LogP contribution is 2.41. The monoisotopic (exact) mass is 430 g/mol. The average Bonchev–Trinajstić information content (AvgIpc) is 3.10. The fourth-order valence-electron chi connectivity index (χ4n) is 2.99. The van der Waals surface area contributed by atoms with Gasteiger partial charge in [-0.25, -0.2) is 4.98 Å². The zero-order valence-corrected chi connectivity index (χ0v) is 18.4. The predicted octanol–water partition coefficient (Wildman–Crippen LogP) is 6.25. The SMILES string of the molecule is CCCC(=O)N(c1nc(-c2ccc(Cl)cc2)c(C)s1)c1ccc(OC)cc1OC. The number of benzene rings is 2. The molecule has 5 nitrogen and oxygen atoms in total. The number of hydrogen-bond acceptors (Lipinski definition) is 5. The van der Waals surface area contributed by atoms with Gasteiger partial charge in [-0.3, -0.25) is 9.69 Å². The summed E-state index contributed by atoms with van der Waals surface area (Å²) in [4.78, 5) is 20.5. The van der Waals surface area contributed by atoms with Crippen molar-refractivity contribution in [1.82, 2.24) is 4.98 Å². The van der Waals surface area contributed by atoms with Crippen molar-refractivity contribution in [3.05, 3.63) is 52.4 Å². The van der Waals surface area contributed by atoms with E-state index in [1.54, 1.807) is 25.2 Å². The smallest absolute Gasteiger partial charge is 0.233 e. The lowest BCUT2D eigenvalue weighted by atomic mass is 10.1. The van der Waals surface area contributed by atoms with E-state index in [-0.39, 0.29) is 5.91 Å². The van der Waals surface area contributed by atoms with E-state index in [9.17, 15) is 4.79 Å². The Labute approximate surface area is 179 Å². The predicted molar refractivity (Wildman–Crippen MR) is 119 cm³/mol. The number of hydrogen-bond donors (Lipinski definition) is 0. The highest BCUT2D eigenvalue weighted by Gasteiger charge is 2.25. The fraction of sp³-hybridized carbons (Fsp3) is 0.273. The number of rotatable bonds is 7. The molecule has 0 fully saturated rings. The van der Waals surface area contributed by atoms with Crippen LogP contribution in [0.15, 0.2) is 42.5 Å². The molecule has 0 aliphatic heterocycles. The standard InChI is InChI=1S/C22H23ClN2O3S/c1-5-6-20(26)25(18-12-11-17(27-3)13-19(18)28-4)22-24-21(14(2)29-22)15-7-9-16(23)10-8-15/h7-13H,5-6H2,1-4H3. The zero-order chi connectivity index (χ0) is 21.0. The molecule has 152 valence electrons. The third-order valence-electron chi connectivity index (χ3n) is 4.44. The number of carbonyl (C=O) groups excluding carboxylic acids is 1. The number of carbonyl (C=O) groups is 1. The summed E-state index contributed by atoms with van der Waals surface area (Å²) in [6.07, 6.45) is 1.15. The Balaban J connectivity index is 2.10. The Morgan fingerprint density at radius 3 is 2.48 bits per heavy atom. The molecule has 0 atom stereocenters. The van der Waals surface area contributed by atoms with Crippen LogP contribution in [0, 0.1) is 6.92 Å². The molecule has 7 heteroatoms.